The Hall–Kier alpha value is -0.490. The Morgan fingerprint density at radius 2 is 2.06 bits per heavy atom. The molecule has 0 aliphatic heterocycles. The Labute approximate surface area is 106 Å². The van der Waals surface area contributed by atoms with Crippen LogP contribution in [0.15, 0.2) is 0 Å². The first-order valence-electron chi connectivity index (χ1n) is 5.05. The minimum Gasteiger partial charge on any atom is -0.566 e. The first-order chi connectivity index (χ1) is 8.21. The summed E-state index contributed by atoms with van der Waals surface area (Å²) < 4.78 is 34.8. The summed E-state index contributed by atoms with van der Waals surface area (Å²) in [6.07, 6.45) is -1.13. The Morgan fingerprint density at radius 3 is 2.44 bits per heavy atom. The van der Waals surface area contributed by atoms with Crippen molar-refractivity contribution in [2.24, 2.45) is 0 Å². The van der Waals surface area contributed by atoms with Gasteiger partial charge in [-0.15, -0.1) is 13.9 Å². The van der Waals surface area contributed by atoms with E-state index in [1.807, 2.05) is 0 Å². The van der Waals surface area contributed by atoms with Gasteiger partial charge in [0.2, 0.25) is 5.60 Å². The lowest BCUT2D eigenvalue weighted by Gasteiger charge is -2.21. The van der Waals surface area contributed by atoms with Crippen molar-refractivity contribution in [2.75, 3.05) is 6.61 Å². The van der Waals surface area contributed by atoms with Crippen LogP contribution in [0.4, 0.5) is 0 Å². The van der Waals surface area contributed by atoms with E-state index in [0.717, 1.165) is 0 Å². The normalized spacial score (nSPS) is 17.6. The number of esters is 1. The van der Waals surface area contributed by atoms with Crippen molar-refractivity contribution in [3.05, 3.63) is 0 Å². The summed E-state index contributed by atoms with van der Waals surface area (Å²) in [6.45, 7) is 4.24. The molecule has 0 aliphatic rings. The molecule has 0 aliphatic carbocycles. The van der Waals surface area contributed by atoms with E-state index in [2.05, 4.69) is 9.05 Å². The predicted octanol–water partition coefficient (Wildman–Crippen LogP) is 0.787. The van der Waals surface area contributed by atoms with Crippen LogP contribution in [0.2, 0.25) is 0 Å². The molecule has 4 atom stereocenters. The van der Waals surface area contributed by atoms with Crippen LogP contribution < -0.4 is 4.89 Å². The molecule has 0 saturated heterocycles. The monoisotopic (exact) mass is 301 g/mol. The lowest BCUT2D eigenvalue weighted by Crippen LogP contribution is -2.41. The van der Waals surface area contributed by atoms with Crippen LogP contribution in [0.3, 0.4) is 0 Å². The van der Waals surface area contributed by atoms with Crippen LogP contribution in [0.25, 0.3) is 0 Å². The maximum absolute atomic E-state index is 11.6. The summed E-state index contributed by atoms with van der Waals surface area (Å²) in [5, 5.41) is 0. The number of hydrogen-bond acceptors (Lipinski definition) is 7. The first kappa shape index (κ1) is 17.5. The second-order valence-corrected chi connectivity index (χ2v) is 4.94. The molecule has 0 saturated carbocycles. The fourth-order valence-corrected chi connectivity index (χ4v) is 2.21. The highest BCUT2D eigenvalue weighted by atomic mass is 31.1. The number of ether oxygens (including phenoxy) is 1. The zero-order valence-corrected chi connectivity index (χ0v) is 12.0. The molecule has 1 N–H and O–H groups in total. The van der Waals surface area contributed by atoms with Gasteiger partial charge >= 0.3 is 22.5 Å². The van der Waals surface area contributed by atoms with Crippen molar-refractivity contribution in [3.8, 4) is 0 Å². The molecular formula is C8H15O8P2+. The van der Waals surface area contributed by atoms with Crippen LogP contribution in [0.5, 0.6) is 0 Å². The zero-order chi connectivity index (χ0) is 14.3. The molecule has 0 amide bonds. The van der Waals surface area contributed by atoms with Crippen LogP contribution in [-0.4, -0.2) is 29.2 Å². The molecular weight excluding hydrogens is 286 g/mol. The molecule has 10 heteroatoms. The van der Waals surface area contributed by atoms with Crippen molar-refractivity contribution >= 4 is 22.5 Å². The van der Waals surface area contributed by atoms with Gasteiger partial charge in [-0.2, -0.15) is 0 Å². The Kier molecular flexibility index (Phi) is 7.62. The molecule has 0 aromatic rings. The van der Waals surface area contributed by atoms with Gasteiger partial charge in [-0.1, -0.05) is 0 Å². The Balaban J connectivity index is 4.80. The van der Waals surface area contributed by atoms with Gasteiger partial charge in [0.25, 0.3) is 0 Å². The smallest absolute Gasteiger partial charge is 0.566 e. The average molecular weight is 301 g/mol. The fourth-order valence-electron chi connectivity index (χ4n) is 1.35. The summed E-state index contributed by atoms with van der Waals surface area (Å²) in [7, 11) is -6.12. The lowest BCUT2D eigenvalue weighted by atomic mass is 9.99. The van der Waals surface area contributed by atoms with Gasteiger partial charge in [0.05, 0.1) is 6.61 Å². The minimum absolute atomic E-state index is 0.0606. The first-order valence-corrected chi connectivity index (χ1v) is 7.27. The predicted molar refractivity (Wildman–Crippen MR) is 58.7 cm³/mol. The standard InChI is InChI=1S/C8H14O8P2/c1-4-14-7(9)8(3,16-18(12)13)5-6(2)15-17(10)11/h6H,4-5H2,1-3H3/p+1. The molecule has 0 radical (unpaired) electrons. The van der Waals surface area contributed by atoms with Crippen LogP contribution in [0, 0.1) is 0 Å². The van der Waals surface area contributed by atoms with Gasteiger partial charge in [0.15, 0.2) is 0 Å². The largest absolute Gasteiger partial charge is 0.695 e. The van der Waals surface area contributed by atoms with Gasteiger partial charge in [-0.3, -0.25) is 0 Å². The molecule has 0 bridgehead atoms. The molecule has 0 fully saturated rings. The van der Waals surface area contributed by atoms with E-state index in [1.54, 1.807) is 6.92 Å². The molecule has 0 aromatic heterocycles. The number of carbonyl (C=O) groups is 1. The molecule has 104 valence electrons. The van der Waals surface area contributed by atoms with Crippen molar-refractivity contribution in [1.82, 2.24) is 0 Å². The second-order valence-electron chi connectivity index (χ2n) is 3.62. The van der Waals surface area contributed by atoms with Gasteiger partial charge in [0.1, 0.15) is 6.10 Å². The average Bonchev–Trinajstić information content (AvgIpc) is 2.14. The number of carbonyl (C=O) groups excluding carboxylic acids is 1. The van der Waals surface area contributed by atoms with Crippen molar-refractivity contribution < 1.29 is 37.5 Å². The summed E-state index contributed by atoms with van der Waals surface area (Å²) in [5.74, 6) is -0.862. The van der Waals surface area contributed by atoms with Crippen LogP contribution in [-0.2, 0) is 27.7 Å². The molecule has 0 aromatic carbocycles. The lowest BCUT2D eigenvalue weighted by molar-refractivity contribution is -0.191. The molecule has 0 heterocycles. The van der Waals surface area contributed by atoms with E-state index in [-0.39, 0.29) is 13.0 Å². The second kappa shape index (κ2) is 7.84. The SMILES string of the molecule is CCOC(=O)C(C)(CC(C)O[P+](=O)[O-])O[P+](=O)O. The zero-order valence-electron chi connectivity index (χ0n) is 10.2. The third-order valence-electron chi connectivity index (χ3n) is 1.93. The summed E-state index contributed by atoms with van der Waals surface area (Å²) in [5.41, 5.74) is -1.75. The summed E-state index contributed by atoms with van der Waals surface area (Å²) in [4.78, 5) is 30.7. The fraction of sp³-hybridized carbons (Fsp3) is 0.875. The maximum Gasteiger partial charge on any atom is 0.695 e. The third-order valence-corrected chi connectivity index (χ3v) is 3.02. The Bertz CT molecular complexity index is 333. The van der Waals surface area contributed by atoms with E-state index >= 15 is 0 Å². The van der Waals surface area contributed by atoms with Crippen LogP contribution in [0.1, 0.15) is 27.2 Å². The summed E-state index contributed by atoms with van der Waals surface area (Å²) >= 11 is 0. The number of hydrogen-bond donors (Lipinski definition) is 1. The molecule has 0 spiro atoms. The molecule has 8 nitrogen and oxygen atoms in total. The van der Waals surface area contributed by atoms with Gasteiger partial charge in [-0.05, 0) is 25.3 Å². The maximum atomic E-state index is 11.6. The van der Waals surface area contributed by atoms with Crippen molar-refractivity contribution in [3.63, 3.8) is 0 Å². The molecule has 4 unspecified atom stereocenters. The highest BCUT2D eigenvalue weighted by molar-refractivity contribution is 7.32. The quantitative estimate of drug-likeness (QED) is 0.515. The van der Waals surface area contributed by atoms with Crippen molar-refractivity contribution in [1.29, 1.82) is 0 Å². The number of rotatable bonds is 8. The van der Waals surface area contributed by atoms with Gasteiger partial charge < -0.3 is 9.63 Å². The van der Waals surface area contributed by atoms with Crippen LogP contribution >= 0.6 is 16.5 Å². The summed E-state index contributed by atoms with van der Waals surface area (Å²) in [6, 6.07) is 0. The molecule has 18 heavy (non-hydrogen) atoms. The van der Waals surface area contributed by atoms with Crippen molar-refractivity contribution in [2.45, 2.75) is 38.9 Å². The minimum atomic E-state index is -3.08. The van der Waals surface area contributed by atoms with E-state index in [9.17, 15) is 18.8 Å². The van der Waals surface area contributed by atoms with Gasteiger partial charge in [-0.25, -0.2) is 4.79 Å². The van der Waals surface area contributed by atoms with E-state index < -0.39 is 34.2 Å². The molecule has 0 rings (SSSR count). The van der Waals surface area contributed by atoms with Gasteiger partial charge in [0, 0.05) is 11.0 Å². The van der Waals surface area contributed by atoms with E-state index in [4.69, 9.17) is 9.63 Å². The van der Waals surface area contributed by atoms with E-state index in [1.165, 1.54) is 13.8 Å². The highest BCUT2D eigenvalue weighted by Crippen LogP contribution is 2.32. The topological polar surface area (TPSA) is 122 Å². The third kappa shape index (κ3) is 6.44. The Morgan fingerprint density at radius 1 is 1.50 bits per heavy atom. The van der Waals surface area contributed by atoms with E-state index in [0.29, 0.717) is 0 Å². The highest BCUT2D eigenvalue weighted by Gasteiger charge is 2.46.